The fourth-order valence-electron chi connectivity index (χ4n) is 2.09. The third kappa shape index (κ3) is 3.46. The number of benzene rings is 1. The monoisotopic (exact) mass is 334 g/mol. The molecule has 9 heteroatoms. The Labute approximate surface area is 127 Å². The van der Waals surface area contributed by atoms with Crippen molar-refractivity contribution in [1.29, 1.82) is 0 Å². The minimum atomic E-state index is -4.27. The van der Waals surface area contributed by atoms with Crippen LogP contribution in [0, 0.1) is 6.92 Å². The zero-order valence-electron chi connectivity index (χ0n) is 11.7. The zero-order valence-corrected chi connectivity index (χ0v) is 12.5. The molecule has 5 atom stereocenters. The first-order valence-corrected chi connectivity index (χ1v) is 7.97. The molecule has 1 aromatic carbocycles. The molecule has 0 aromatic heterocycles. The minimum absolute atomic E-state index is 0.154. The molecule has 1 aliphatic heterocycles. The molecule has 0 bridgehead atoms. The Morgan fingerprint density at radius 2 is 1.73 bits per heavy atom. The Morgan fingerprint density at radius 3 is 2.27 bits per heavy atom. The van der Waals surface area contributed by atoms with E-state index >= 15 is 0 Å². The predicted octanol–water partition coefficient (Wildman–Crippen LogP) is -1.50. The van der Waals surface area contributed by atoms with Gasteiger partial charge in [-0.05, 0) is 19.1 Å². The molecular weight excluding hydrogens is 316 g/mol. The first-order valence-electron chi connectivity index (χ1n) is 6.57. The Balaban J connectivity index is 2.24. The van der Waals surface area contributed by atoms with Gasteiger partial charge in [0.15, 0.2) is 6.29 Å². The van der Waals surface area contributed by atoms with Crippen molar-refractivity contribution in [2.75, 3.05) is 6.61 Å². The van der Waals surface area contributed by atoms with Gasteiger partial charge in [-0.25, -0.2) is 0 Å². The van der Waals surface area contributed by atoms with Crippen LogP contribution in [-0.2, 0) is 19.0 Å². The van der Waals surface area contributed by atoms with Crippen molar-refractivity contribution in [1.82, 2.24) is 0 Å². The van der Waals surface area contributed by atoms with Crippen LogP contribution in [0.1, 0.15) is 5.56 Å². The Kier molecular flexibility index (Phi) is 5.17. The molecule has 124 valence electrons. The molecule has 0 amide bonds. The predicted molar refractivity (Wildman–Crippen MR) is 73.2 cm³/mol. The first-order chi connectivity index (χ1) is 10.3. The van der Waals surface area contributed by atoms with Crippen LogP contribution in [0.4, 0.5) is 0 Å². The second kappa shape index (κ2) is 6.59. The maximum absolute atomic E-state index is 12.2. The minimum Gasteiger partial charge on any atom is -0.394 e. The van der Waals surface area contributed by atoms with Crippen LogP contribution in [0.2, 0.25) is 0 Å². The van der Waals surface area contributed by atoms with Crippen molar-refractivity contribution in [2.45, 2.75) is 42.5 Å². The van der Waals surface area contributed by atoms with Gasteiger partial charge in [0.05, 0.1) is 11.5 Å². The second-order valence-corrected chi connectivity index (χ2v) is 6.63. The van der Waals surface area contributed by atoms with Crippen LogP contribution < -0.4 is 0 Å². The summed E-state index contributed by atoms with van der Waals surface area (Å²) in [5.41, 5.74) is 0.848. The highest BCUT2D eigenvalue weighted by Gasteiger charge is 2.46. The van der Waals surface area contributed by atoms with Gasteiger partial charge < -0.3 is 25.2 Å². The van der Waals surface area contributed by atoms with E-state index in [1.807, 2.05) is 0 Å². The average Bonchev–Trinajstić information content (AvgIpc) is 2.48. The standard InChI is InChI=1S/C13H18O8S/c1-7-2-4-8(5-3-7)22(18,19)21-12-10(15)9(6-14)20-13(17)11(12)16/h2-5,9-17H,6H2,1H3/t9-,10-,11+,12+,13-/m0/s1. The fourth-order valence-corrected chi connectivity index (χ4v) is 3.19. The molecule has 2 rings (SSSR count). The lowest BCUT2D eigenvalue weighted by Crippen LogP contribution is -2.59. The molecule has 0 aliphatic carbocycles. The van der Waals surface area contributed by atoms with E-state index < -0.39 is 47.4 Å². The van der Waals surface area contributed by atoms with Crippen LogP contribution in [0.5, 0.6) is 0 Å². The summed E-state index contributed by atoms with van der Waals surface area (Å²) >= 11 is 0. The molecule has 1 heterocycles. The summed E-state index contributed by atoms with van der Waals surface area (Å²) in [6.07, 6.45) is -8.11. The van der Waals surface area contributed by atoms with Crippen molar-refractivity contribution >= 4 is 10.1 Å². The lowest BCUT2D eigenvalue weighted by molar-refractivity contribution is -0.281. The van der Waals surface area contributed by atoms with E-state index in [1.165, 1.54) is 12.1 Å². The summed E-state index contributed by atoms with van der Waals surface area (Å²) in [7, 11) is -4.27. The van der Waals surface area contributed by atoms with Crippen LogP contribution in [0.15, 0.2) is 29.2 Å². The summed E-state index contributed by atoms with van der Waals surface area (Å²) in [5.74, 6) is 0. The van der Waals surface area contributed by atoms with Gasteiger partial charge in [0.2, 0.25) is 0 Å². The number of hydrogen-bond acceptors (Lipinski definition) is 8. The maximum Gasteiger partial charge on any atom is 0.297 e. The molecule has 4 N–H and O–H groups in total. The van der Waals surface area contributed by atoms with Crippen LogP contribution in [0.3, 0.4) is 0 Å². The largest absolute Gasteiger partial charge is 0.394 e. The van der Waals surface area contributed by atoms with Gasteiger partial charge in [-0.3, -0.25) is 4.18 Å². The van der Waals surface area contributed by atoms with Gasteiger partial charge in [-0.2, -0.15) is 8.42 Å². The topological polar surface area (TPSA) is 134 Å². The van der Waals surface area contributed by atoms with E-state index in [4.69, 9.17) is 14.0 Å². The van der Waals surface area contributed by atoms with Crippen molar-refractivity contribution in [3.63, 3.8) is 0 Å². The molecule has 1 saturated heterocycles. The second-order valence-electron chi connectivity index (χ2n) is 5.06. The highest BCUT2D eigenvalue weighted by Crippen LogP contribution is 2.26. The van der Waals surface area contributed by atoms with Crippen LogP contribution in [0.25, 0.3) is 0 Å². The van der Waals surface area contributed by atoms with Crippen molar-refractivity contribution in [3.8, 4) is 0 Å². The molecular formula is C13H18O8S. The van der Waals surface area contributed by atoms with Crippen LogP contribution >= 0.6 is 0 Å². The Morgan fingerprint density at radius 1 is 1.14 bits per heavy atom. The molecule has 22 heavy (non-hydrogen) atoms. The third-order valence-corrected chi connectivity index (χ3v) is 4.71. The van der Waals surface area contributed by atoms with Gasteiger partial charge in [0.1, 0.15) is 24.4 Å². The molecule has 8 nitrogen and oxygen atoms in total. The van der Waals surface area contributed by atoms with E-state index in [1.54, 1.807) is 19.1 Å². The molecule has 1 aromatic rings. The van der Waals surface area contributed by atoms with Crippen molar-refractivity contribution in [3.05, 3.63) is 29.8 Å². The summed E-state index contributed by atoms with van der Waals surface area (Å²) < 4.78 is 34.0. The number of rotatable bonds is 4. The molecule has 1 fully saturated rings. The molecule has 0 unspecified atom stereocenters. The van der Waals surface area contributed by atoms with Gasteiger partial charge in [0.25, 0.3) is 10.1 Å². The lowest BCUT2D eigenvalue weighted by Gasteiger charge is -2.39. The van der Waals surface area contributed by atoms with Crippen LogP contribution in [-0.4, -0.2) is 66.2 Å². The van der Waals surface area contributed by atoms with Crippen molar-refractivity contribution < 1.29 is 37.8 Å². The first kappa shape index (κ1) is 17.3. The highest BCUT2D eigenvalue weighted by molar-refractivity contribution is 7.86. The SMILES string of the molecule is Cc1ccc(S(=O)(=O)O[C@@H]2[C@@H](O)[C@H](CO)O[C@H](O)[C@@H]2O)cc1. The zero-order chi connectivity index (χ0) is 16.5. The van der Waals surface area contributed by atoms with Crippen molar-refractivity contribution in [2.24, 2.45) is 0 Å². The summed E-state index contributed by atoms with van der Waals surface area (Å²) in [5, 5.41) is 38.2. The number of aryl methyl sites for hydroxylation is 1. The Bertz CT molecular complexity index is 599. The van der Waals surface area contributed by atoms with E-state index in [-0.39, 0.29) is 4.90 Å². The number of ether oxygens (including phenoxy) is 1. The van der Waals surface area contributed by atoms with Gasteiger partial charge >= 0.3 is 0 Å². The van der Waals surface area contributed by atoms with E-state index in [0.717, 1.165) is 5.56 Å². The summed E-state index contributed by atoms with van der Waals surface area (Å²) in [4.78, 5) is -0.154. The lowest BCUT2D eigenvalue weighted by atomic mass is 9.99. The number of aliphatic hydroxyl groups excluding tert-OH is 4. The third-order valence-electron chi connectivity index (χ3n) is 3.39. The normalized spacial score (nSPS) is 32.9. The van der Waals surface area contributed by atoms with E-state index in [9.17, 15) is 23.7 Å². The molecule has 0 radical (unpaired) electrons. The van der Waals surface area contributed by atoms with Gasteiger partial charge in [-0.1, -0.05) is 17.7 Å². The molecule has 1 aliphatic rings. The molecule has 0 spiro atoms. The molecule has 0 saturated carbocycles. The van der Waals surface area contributed by atoms with Gasteiger partial charge in [-0.15, -0.1) is 0 Å². The fraction of sp³-hybridized carbons (Fsp3) is 0.538. The maximum atomic E-state index is 12.2. The highest BCUT2D eigenvalue weighted by atomic mass is 32.2. The van der Waals surface area contributed by atoms with E-state index in [0.29, 0.717) is 0 Å². The average molecular weight is 334 g/mol. The van der Waals surface area contributed by atoms with Gasteiger partial charge in [0, 0.05) is 0 Å². The Hall–Kier alpha value is -1.07. The number of aliphatic hydroxyl groups is 4. The summed E-state index contributed by atoms with van der Waals surface area (Å²) in [6.45, 7) is 1.11. The quantitative estimate of drug-likeness (QED) is 0.489. The number of hydrogen-bond donors (Lipinski definition) is 4. The smallest absolute Gasteiger partial charge is 0.297 e. The summed E-state index contributed by atoms with van der Waals surface area (Å²) in [6, 6.07) is 5.78. The van der Waals surface area contributed by atoms with E-state index in [2.05, 4.69) is 0 Å².